The Bertz CT molecular complexity index is 983. The summed E-state index contributed by atoms with van der Waals surface area (Å²) in [5, 5.41) is 16.8. The van der Waals surface area contributed by atoms with Gasteiger partial charge in [-0.3, -0.25) is 9.89 Å². The van der Waals surface area contributed by atoms with E-state index in [0.29, 0.717) is 16.8 Å². The van der Waals surface area contributed by atoms with Crippen LogP contribution in [-0.2, 0) is 0 Å². The van der Waals surface area contributed by atoms with Crippen molar-refractivity contribution in [3.8, 4) is 6.07 Å². The molecule has 3 heterocycles. The molecule has 1 aromatic carbocycles. The molecule has 1 saturated heterocycles. The van der Waals surface area contributed by atoms with E-state index in [9.17, 15) is 4.79 Å². The number of nitrogens with zero attached hydrogens (tertiary/aromatic N) is 4. The van der Waals surface area contributed by atoms with Crippen LogP contribution in [-0.4, -0.2) is 32.5 Å². The van der Waals surface area contributed by atoms with E-state index in [1.165, 1.54) is 0 Å². The van der Waals surface area contributed by atoms with Gasteiger partial charge in [-0.1, -0.05) is 12.1 Å². The van der Waals surface area contributed by atoms with E-state index >= 15 is 0 Å². The molecular formula is C19H17N5O. The number of likely N-dealkylation sites (tertiary alicyclic amines) is 1. The van der Waals surface area contributed by atoms with Gasteiger partial charge < -0.3 is 4.90 Å². The normalized spacial score (nSPS) is 17.0. The highest BCUT2D eigenvalue weighted by Gasteiger charge is 2.31. The Labute approximate surface area is 145 Å². The first-order chi connectivity index (χ1) is 12.2. The van der Waals surface area contributed by atoms with Gasteiger partial charge in [0.1, 0.15) is 0 Å². The van der Waals surface area contributed by atoms with Gasteiger partial charge in [-0.15, -0.1) is 0 Å². The van der Waals surface area contributed by atoms with Gasteiger partial charge >= 0.3 is 0 Å². The molecule has 1 N–H and O–H groups in total. The van der Waals surface area contributed by atoms with Gasteiger partial charge in [0.25, 0.3) is 5.91 Å². The predicted octanol–water partition coefficient (Wildman–Crippen LogP) is 3.12. The van der Waals surface area contributed by atoms with Crippen LogP contribution in [0, 0.1) is 18.3 Å². The molecule has 124 valence electrons. The number of aromatic nitrogens is 3. The lowest BCUT2D eigenvalue weighted by atomic mass is 10.0. The van der Waals surface area contributed by atoms with Crippen LogP contribution in [0.5, 0.6) is 0 Å². The van der Waals surface area contributed by atoms with E-state index in [-0.39, 0.29) is 11.9 Å². The average molecular weight is 331 g/mol. The fourth-order valence-corrected chi connectivity index (χ4v) is 3.45. The molecule has 1 aliphatic rings. The lowest BCUT2D eigenvalue weighted by Crippen LogP contribution is -2.30. The highest BCUT2D eigenvalue weighted by molar-refractivity contribution is 5.97. The van der Waals surface area contributed by atoms with E-state index in [2.05, 4.69) is 21.3 Å². The van der Waals surface area contributed by atoms with Crippen LogP contribution >= 0.6 is 0 Å². The standard InChI is InChI=1S/C19H17N5O/c1-12-16-9-15(11-21-18(16)23-22-12)19(25)24-8-2-3-17(24)14-6-4-13(10-20)5-7-14/h4-7,9,11,17H,2-3,8H2,1H3,(H,21,22,23)/t17-/m1/s1. The second-order valence-corrected chi connectivity index (χ2v) is 6.32. The largest absolute Gasteiger partial charge is 0.332 e. The number of carbonyl (C=O) groups is 1. The molecule has 2 aromatic heterocycles. The summed E-state index contributed by atoms with van der Waals surface area (Å²) < 4.78 is 0. The highest BCUT2D eigenvalue weighted by Crippen LogP contribution is 2.33. The summed E-state index contributed by atoms with van der Waals surface area (Å²) in [7, 11) is 0. The maximum Gasteiger partial charge on any atom is 0.255 e. The molecule has 1 amide bonds. The third kappa shape index (κ3) is 2.64. The van der Waals surface area contributed by atoms with Gasteiger partial charge in [0.2, 0.25) is 0 Å². The lowest BCUT2D eigenvalue weighted by molar-refractivity contribution is 0.0735. The average Bonchev–Trinajstić information content (AvgIpc) is 3.28. The Kier molecular flexibility index (Phi) is 3.69. The zero-order valence-electron chi connectivity index (χ0n) is 13.9. The molecule has 0 unspecified atom stereocenters. The van der Waals surface area contributed by atoms with Crippen LogP contribution in [0.25, 0.3) is 11.0 Å². The second-order valence-electron chi connectivity index (χ2n) is 6.32. The molecule has 0 bridgehead atoms. The Morgan fingerprint density at radius 2 is 2.16 bits per heavy atom. The summed E-state index contributed by atoms with van der Waals surface area (Å²) in [6.07, 6.45) is 3.51. The molecule has 1 atom stereocenters. The summed E-state index contributed by atoms with van der Waals surface area (Å²) in [5.41, 5.74) is 3.81. The van der Waals surface area contributed by atoms with Crippen molar-refractivity contribution in [3.05, 3.63) is 58.9 Å². The van der Waals surface area contributed by atoms with Crippen molar-refractivity contribution in [3.63, 3.8) is 0 Å². The zero-order chi connectivity index (χ0) is 17.4. The monoisotopic (exact) mass is 331 g/mol. The third-order valence-corrected chi connectivity index (χ3v) is 4.79. The number of pyridine rings is 1. The van der Waals surface area contributed by atoms with Gasteiger partial charge in [-0.2, -0.15) is 10.4 Å². The number of nitrogens with one attached hydrogen (secondary N) is 1. The number of nitriles is 1. The van der Waals surface area contributed by atoms with Crippen molar-refractivity contribution in [1.82, 2.24) is 20.1 Å². The van der Waals surface area contributed by atoms with Crippen LogP contribution in [0.1, 0.15) is 46.1 Å². The number of hydrogen-bond acceptors (Lipinski definition) is 4. The molecule has 3 aromatic rings. The van der Waals surface area contributed by atoms with Crippen LogP contribution in [0.2, 0.25) is 0 Å². The number of fused-ring (bicyclic) bond motifs is 1. The Morgan fingerprint density at radius 1 is 1.36 bits per heavy atom. The SMILES string of the molecule is Cc1n[nH]c2ncc(C(=O)N3CCC[C@@H]3c3ccc(C#N)cc3)cc12. The smallest absolute Gasteiger partial charge is 0.255 e. The second kappa shape index (κ2) is 6.02. The molecular weight excluding hydrogens is 314 g/mol. The molecule has 25 heavy (non-hydrogen) atoms. The predicted molar refractivity (Wildman–Crippen MR) is 92.8 cm³/mol. The van der Waals surface area contributed by atoms with Gasteiger partial charge in [-0.25, -0.2) is 4.98 Å². The number of amides is 1. The topological polar surface area (TPSA) is 85.7 Å². The molecule has 1 aliphatic heterocycles. The molecule has 0 radical (unpaired) electrons. The first kappa shape index (κ1) is 15.3. The summed E-state index contributed by atoms with van der Waals surface area (Å²) in [6.45, 7) is 2.62. The number of aromatic amines is 1. The third-order valence-electron chi connectivity index (χ3n) is 4.79. The van der Waals surface area contributed by atoms with E-state index in [1.54, 1.807) is 18.3 Å². The molecule has 0 spiro atoms. The van der Waals surface area contributed by atoms with Crippen molar-refractivity contribution >= 4 is 16.9 Å². The number of aryl methyl sites for hydroxylation is 1. The number of benzene rings is 1. The van der Waals surface area contributed by atoms with Crippen LogP contribution in [0.4, 0.5) is 0 Å². The first-order valence-corrected chi connectivity index (χ1v) is 8.29. The van der Waals surface area contributed by atoms with Gasteiger partial charge in [0.05, 0.1) is 28.9 Å². The van der Waals surface area contributed by atoms with Gasteiger partial charge in [-0.05, 0) is 43.5 Å². The molecule has 6 heteroatoms. The molecule has 6 nitrogen and oxygen atoms in total. The maximum atomic E-state index is 13.0. The van der Waals surface area contributed by atoms with E-state index < -0.39 is 0 Å². The Balaban J connectivity index is 1.65. The maximum absolute atomic E-state index is 13.0. The Hall–Kier alpha value is -3.20. The Morgan fingerprint density at radius 3 is 2.92 bits per heavy atom. The minimum Gasteiger partial charge on any atom is -0.332 e. The number of rotatable bonds is 2. The minimum atomic E-state index is -0.0122. The molecule has 0 aliphatic carbocycles. The minimum absolute atomic E-state index is 0.0122. The van der Waals surface area contributed by atoms with Crippen molar-refractivity contribution in [2.45, 2.75) is 25.8 Å². The van der Waals surface area contributed by atoms with E-state index in [0.717, 1.165) is 36.0 Å². The lowest BCUT2D eigenvalue weighted by Gasteiger charge is -2.25. The number of carbonyl (C=O) groups excluding carboxylic acids is 1. The molecule has 0 saturated carbocycles. The van der Waals surface area contributed by atoms with Crippen molar-refractivity contribution < 1.29 is 4.79 Å². The number of H-pyrrole nitrogens is 1. The fourth-order valence-electron chi connectivity index (χ4n) is 3.45. The zero-order valence-corrected chi connectivity index (χ0v) is 13.9. The summed E-state index contributed by atoms with van der Waals surface area (Å²) in [4.78, 5) is 19.2. The summed E-state index contributed by atoms with van der Waals surface area (Å²) in [6, 6.07) is 11.5. The van der Waals surface area contributed by atoms with Crippen molar-refractivity contribution in [2.24, 2.45) is 0 Å². The van der Waals surface area contributed by atoms with Crippen molar-refractivity contribution in [1.29, 1.82) is 5.26 Å². The summed E-state index contributed by atoms with van der Waals surface area (Å²) in [5.74, 6) is -0.0122. The van der Waals surface area contributed by atoms with Gasteiger partial charge in [0, 0.05) is 18.1 Å². The first-order valence-electron chi connectivity index (χ1n) is 8.29. The quantitative estimate of drug-likeness (QED) is 0.782. The molecule has 1 fully saturated rings. The van der Waals surface area contributed by atoms with E-state index in [4.69, 9.17) is 5.26 Å². The summed E-state index contributed by atoms with van der Waals surface area (Å²) >= 11 is 0. The van der Waals surface area contributed by atoms with E-state index in [1.807, 2.05) is 30.0 Å². The van der Waals surface area contributed by atoms with Crippen LogP contribution in [0.3, 0.4) is 0 Å². The van der Waals surface area contributed by atoms with Crippen LogP contribution < -0.4 is 0 Å². The van der Waals surface area contributed by atoms with Crippen molar-refractivity contribution in [2.75, 3.05) is 6.54 Å². The fraction of sp³-hybridized carbons (Fsp3) is 0.263. The number of hydrogen-bond donors (Lipinski definition) is 1. The highest BCUT2D eigenvalue weighted by atomic mass is 16.2. The van der Waals surface area contributed by atoms with Crippen LogP contribution in [0.15, 0.2) is 36.5 Å². The van der Waals surface area contributed by atoms with Gasteiger partial charge in [0.15, 0.2) is 5.65 Å². The molecule has 4 rings (SSSR count).